The van der Waals surface area contributed by atoms with Gasteiger partial charge in [0.1, 0.15) is 0 Å². The van der Waals surface area contributed by atoms with Crippen molar-refractivity contribution in [2.75, 3.05) is 31.5 Å². The second-order valence-corrected chi connectivity index (χ2v) is 14.6. The molecule has 46 heavy (non-hydrogen) atoms. The molecule has 7 heteroatoms. The van der Waals surface area contributed by atoms with Crippen LogP contribution in [0.4, 0.5) is 5.69 Å². The highest BCUT2D eigenvalue weighted by molar-refractivity contribution is 6.14. The van der Waals surface area contributed by atoms with Gasteiger partial charge in [-0.05, 0) is 114 Å². The van der Waals surface area contributed by atoms with Gasteiger partial charge in [0.05, 0.1) is 34.1 Å². The van der Waals surface area contributed by atoms with Crippen LogP contribution < -0.4 is 5.32 Å². The summed E-state index contributed by atoms with van der Waals surface area (Å²) in [6, 6.07) is 8.64. The largest absolute Gasteiger partial charge is 0.384 e. The number of nitrogens with zero attached hydrogens (tertiary/aromatic N) is 3. The first kappa shape index (κ1) is 30.1. The number of amides is 1. The molecule has 242 valence electrons. The molecule has 6 atom stereocenters. The number of hydrogen-bond donors (Lipinski definition) is 3. The number of piperidine rings is 1. The van der Waals surface area contributed by atoms with E-state index in [2.05, 4.69) is 62.6 Å². The average Bonchev–Trinajstić information content (AvgIpc) is 3.58. The minimum absolute atomic E-state index is 0.000610. The predicted molar refractivity (Wildman–Crippen MR) is 187 cm³/mol. The van der Waals surface area contributed by atoms with Crippen LogP contribution in [-0.4, -0.2) is 74.6 Å². The lowest BCUT2D eigenvalue weighted by Gasteiger charge is -2.58. The van der Waals surface area contributed by atoms with Gasteiger partial charge in [-0.25, -0.2) is 0 Å². The summed E-state index contributed by atoms with van der Waals surface area (Å²) in [5, 5.41) is 18.5. The monoisotopic (exact) mass is 619 g/mol. The van der Waals surface area contributed by atoms with E-state index in [1.165, 1.54) is 31.3 Å². The summed E-state index contributed by atoms with van der Waals surface area (Å²) in [5.74, 6) is 0.306. The lowest BCUT2D eigenvalue weighted by molar-refractivity contribution is -0.115. The number of H-pyrrole nitrogens is 1. The van der Waals surface area contributed by atoms with Gasteiger partial charge in [-0.2, -0.15) is 0 Å². The lowest BCUT2D eigenvalue weighted by atomic mass is 9.54. The first-order valence-electron chi connectivity index (χ1n) is 18.0. The number of benzene rings is 1. The van der Waals surface area contributed by atoms with Gasteiger partial charge in [-0.3, -0.25) is 14.7 Å². The summed E-state index contributed by atoms with van der Waals surface area (Å²) in [6.07, 6.45) is 25.1. The fourth-order valence-electron chi connectivity index (χ4n) is 10.0. The number of carbonyl (C=O) groups excluding carboxylic acids is 1. The Morgan fingerprint density at radius 2 is 1.85 bits per heavy atom. The van der Waals surface area contributed by atoms with Crippen molar-refractivity contribution < 1.29 is 9.90 Å². The number of allylic oxidation sites excluding steroid dienone is 4. The molecule has 1 amide bonds. The zero-order chi connectivity index (χ0) is 31.3. The van der Waals surface area contributed by atoms with Crippen molar-refractivity contribution in [3.8, 4) is 0 Å². The number of nitrogens with one attached hydrogen (secondary N) is 2. The van der Waals surface area contributed by atoms with Crippen LogP contribution in [0.3, 0.4) is 0 Å². The van der Waals surface area contributed by atoms with E-state index in [0.717, 1.165) is 97.9 Å². The third kappa shape index (κ3) is 4.97. The molecule has 4 aliphatic heterocycles. The molecule has 1 aliphatic carbocycles. The number of para-hydroxylation sites is 1. The minimum Gasteiger partial charge on any atom is -0.384 e. The van der Waals surface area contributed by atoms with E-state index in [1.54, 1.807) is 0 Å². The van der Waals surface area contributed by atoms with Crippen LogP contribution in [0.2, 0.25) is 0 Å². The molecule has 3 bridgehead atoms. The number of aliphatic hydroxyl groups is 1. The molecule has 3 N–H and O–H groups in total. The summed E-state index contributed by atoms with van der Waals surface area (Å²) in [7, 11) is 0. The van der Waals surface area contributed by atoms with Gasteiger partial charge in [0.2, 0.25) is 5.91 Å². The molecule has 1 unspecified atom stereocenters. The van der Waals surface area contributed by atoms with Crippen LogP contribution in [0.15, 0.2) is 60.8 Å². The van der Waals surface area contributed by atoms with Crippen molar-refractivity contribution in [1.29, 1.82) is 0 Å². The SMILES string of the molecule is CCC(=O)Nc1cccc2c1[nH]c1c(C3=C[C@@]4(O)CC/C=C\CCCCN5CC[C@@H]3[C@]3(C[C@@H]6/C=C\CCCCN6[C@H]34)C5)nccc12. The second kappa shape index (κ2) is 12.1. The molecule has 1 aromatic carbocycles. The molecule has 8 rings (SSSR count). The van der Waals surface area contributed by atoms with Crippen LogP contribution in [0.25, 0.3) is 27.4 Å². The van der Waals surface area contributed by atoms with Gasteiger partial charge in [0, 0.05) is 41.4 Å². The smallest absolute Gasteiger partial charge is 0.224 e. The van der Waals surface area contributed by atoms with Crippen molar-refractivity contribution in [3.63, 3.8) is 0 Å². The molecular weight excluding hydrogens is 570 g/mol. The number of rotatable bonds is 3. The third-order valence-corrected chi connectivity index (χ3v) is 11.9. The highest BCUT2D eigenvalue weighted by atomic mass is 16.3. The van der Waals surface area contributed by atoms with E-state index < -0.39 is 5.60 Å². The van der Waals surface area contributed by atoms with Gasteiger partial charge in [0.15, 0.2) is 0 Å². The van der Waals surface area contributed by atoms with Crippen LogP contribution in [0.1, 0.15) is 83.2 Å². The summed E-state index contributed by atoms with van der Waals surface area (Å²) in [6.45, 7) is 6.18. The highest BCUT2D eigenvalue weighted by Gasteiger charge is 2.65. The van der Waals surface area contributed by atoms with E-state index in [1.807, 2.05) is 25.3 Å². The van der Waals surface area contributed by atoms with Crippen LogP contribution in [0, 0.1) is 11.3 Å². The molecular formula is C39H49N5O2. The van der Waals surface area contributed by atoms with E-state index in [-0.39, 0.29) is 17.4 Å². The summed E-state index contributed by atoms with van der Waals surface area (Å²) >= 11 is 0. The van der Waals surface area contributed by atoms with E-state index in [4.69, 9.17) is 4.98 Å². The summed E-state index contributed by atoms with van der Waals surface area (Å²) in [4.78, 5) is 26.8. The standard InChI is InChI=1S/C39H49N5O2/c1-2-33(45)41-32-16-13-15-28-29-17-20-40-35(36(29)42-34(28)32)30-25-39(46)19-10-6-3-4-7-11-21-43-23-18-31(30)38(26-43)24-27-14-9-5-8-12-22-44(27)37(38)39/h3,6,9,13-17,20,25,27,31,37,42,46H,2,4-5,7-8,10-12,18-19,21-24,26H2,1H3,(H,41,45)/b6-3-,14-9-/t27-,31-,37+,38-,39-/m0/s1. The quantitative estimate of drug-likeness (QED) is 0.270. The number of fused-ring (bicyclic) bond motifs is 5. The average molecular weight is 620 g/mol. The molecule has 0 radical (unpaired) electrons. The van der Waals surface area contributed by atoms with Gasteiger partial charge in [-0.1, -0.05) is 43.4 Å². The zero-order valence-electron chi connectivity index (χ0n) is 27.3. The molecule has 2 aromatic heterocycles. The van der Waals surface area contributed by atoms with Gasteiger partial charge >= 0.3 is 0 Å². The van der Waals surface area contributed by atoms with E-state index in [0.29, 0.717) is 18.4 Å². The number of aromatic nitrogens is 2. The van der Waals surface area contributed by atoms with E-state index >= 15 is 0 Å². The normalized spacial score (nSPS) is 34.7. The number of anilines is 1. The Bertz CT molecular complexity index is 1720. The molecule has 3 aromatic rings. The minimum atomic E-state index is -0.967. The molecule has 0 saturated carbocycles. The summed E-state index contributed by atoms with van der Waals surface area (Å²) < 4.78 is 0. The topological polar surface area (TPSA) is 84.5 Å². The Morgan fingerprint density at radius 1 is 1.02 bits per heavy atom. The number of aromatic amines is 1. The van der Waals surface area contributed by atoms with Crippen LogP contribution in [0.5, 0.6) is 0 Å². The maximum Gasteiger partial charge on any atom is 0.224 e. The Labute approximate surface area is 272 Å². The van der Waals surface area contributed by atoms with Crippen molar-refractivity contribution in [3.05, 3.63) is 66.5 Å². The maximum atomic E-state index is 13.2. The molecule has 2 fully saturated rings. The van der Waals surface area contributed by atoms with Crippen LogP contribution >= 0.6 is 0 Å². The maximum absolute atomic E-state index is 13.2. The van der Waals surface area contributed by atoms with Crippen molar-refractivity contribution >= 4 is 39.0 Å². The third-order valence-electron chi connectivity index (χ3n) is 11.9. The molecule has 5 aliphatic rings. The highest BCUT2D eigenvalue weighted by Crippen LogP contribution is 2.61. The molecule has 6 heterocycles. The molecule has 1 spiro atoms. The predicted octanol–water partition coefficient (Wildman–Crippen LogP) is 7.20. The Hall–Kier alpha value is -3.26. The molecule has 7 nitrogen and oxygen atoms in total. The fourth-order valence-corrected chi connectivity index (χ4v) is 10.0. The number of carbonyl (C=O) groups is 1. The first-order valence-corrected chi connectivity index (χ1v) is 18.0. The molecule has 2 saturated heterocycles. The van der Waals surface area contributed by atoms with E-state index in [9.17, 15) is 9.90 Å². The van der Waals surface area contributed by atoms with Gasteiger partial charge in [-0.15, -0.1) is 0 Å². The Balaban J connectivity index is 1.33. The zero-order valence-corrected chi connectivity index (χ0v) is 27.3. The first-order chi connectivity index (χ1) is 22.5. The Kier molecular flexibility index (Phi) is 7.90. The van der Waals surface area contributed by atoms with Gasteiger partial charge < -0.3 is 20.3 Å². The number of hydrogen-bond acceptors (Lipinski definition) is 5. The van der Waals surface area contributed by atoms with Crippen LogP contribution in [-0.2, 0) is 4.79 Å². The summed E-state index contributed by atoms with van der Waals surface area (Å²) in [5.41, 5.74) is 3.88. The van der Waals surface area contributed by atoms with Crippen molar-refractivity contribution in [1.82, 2.24) is 19.8 Å². The van der Waals surface area contributed by atoms with Crippen molar-refractivity contribution in [2.24, 2.45) is 11.3 Å². The van der Waals surface area contributed by atoms with Gasteiger partial charge in [0.25, 0.3) is 0 Å². The Morgan fingerprint density at radius 3 is 2.74 bits per heavy atom. The van der Waals surface area contributed by atoms with Crippen molar-refractivity contribution in [2.45, 2.75) is 95.2 Å². The fraction of sp³-hybridized carbons (Fsp3) is 0.538. The lowest BCUT2D eigenvalue weighted by Crippen LogP contribution is -2.65. The number of pyridine rings is 1. The second-order valence-electron chi connectivity index (χ2n) is 14.6.